The van der Waals surface area contributed by atoms with Crippen LogP contribution in [0.3, 0.4) is 0 Å². The van der Waals surface area contributed by atoms with Gasteiger partial charge in [0, 0.05) is 29.2 Å². The summed E-state index contributed by atoms with van der Waals surface area (Å²) in [6.45, 7) is 8.86. The van der Waals surface area contributed by atoms with E-state index in [-0.39, 0.29) is 23.3 Å². The lowest BCUT2D eigenvalue weighted by Gasteiger charge is -2.30. The minimum Gasteiger partial charge on any atom is -0.507 e. The number of phenolic OH excluding ortho intramolecular Hbond substituents is 1. The van der Waals surface area contributed by atoms with Gasteiger partial charge in [0.15, 0.2) is 0 Å². The third-order valence-corrected chi connectivity index (χ3v) is 5.46. The van der Waals surface area contributed by atoms with Gasteiger partial charge in [-0.3, -0.25) is 9.69 Å². The average Bonchev–Trinajstić information content (AvgIpc) is 2.61. The Kier molecular flexibility index (Phi) is 6.04. The second kappa shape index (κ2) is 8.16. The lowest BCUT2D eigenvalue weighted by Crippen LogP contribution is -2.36. The zero-order valence-corrected chi connectivity index (χ0v) is 17.8. The van der Waals surface area contributed by atoms with Gasteiger partial charge in [0.25, 0.3) is 0 Å². The van der Waals surface area contributed by atoms with Crippen molar-refractivity contribution in [2.75, 3.05) is 0 Å². The van der Waals surface area contributed by atoms with E-state index in [9.17, 15) is 9.90 Å². The number of fused-ring (bicyclic) bond motifs is 1. The highest BCUT2D eigenvalue weighted by Crippen LogP contribution is 2.32. The van der Waals surface area contributed by atoms with Crippen LogP contribution in [0.2, 0.25) is 10.0 Å². The third kappa shape index (κ3) is 3.90. The Morgan fingerprint density at radius 1 is 1.04 bits per heavy atom. The maximum atomic E-state index is 13.1. The average molecular weight is 420 g/mol. The third-order valence-electron chi connectivity index (χ3n) is 4.91. The van der Waals surface area contributed by atoms with Gasteiger partial charge in [-0.05, 0) is 52.0 Å². The number of phenols is 1. The molecule has 28 heavy (non-hydrogen) atoms. The smallest absolute Gasteiger partial charge is 0.200 e. The van der Waals surface area contributed by atoms with Crippen LogP contribution in [0.4, 0.5) is 0 Å². The first-order chi connectivity index (χ1) is 13.2. The van der Waals surface area contributed by atoms with Crippen LogP contribution in [0.15, 0.2) is 45.8 Å². The zero-order chi connectivity index (χ0) is 20.6. The highest BCUT2D eigenvalue weighted by Gasteiger charge is 2.21. The molecular weight excluding hydrogens is 397 g/mol. The van der Waals surface area contributed by atoms with Crippen LogP contribution in [-0.2, 0) is 6.54 Å². The SMILES string of the molecule is CC(C)N(Cc1c(O)ccc2c(=O)c(-c3ccc(Cl)cc3Cl)coc12)C(C)C. The zero-order valence-electron chi connectivity index (χ0n) is 16.3. The summed E-state index contributed by atoms with van der Waals surface area (Å²) in [5.74, 6) is 0.110. The fourth-order valence-electron chi connectivity index (χ4n) is 3.44. The second-order valence-electron chi connectivity index (χ2n) is 7.40. The van der Waals surface area contributed by atoms with Crippen LogP contribution in [-0.4, -0.2) is 22.1 Å². The molecule has 0 unspecified atom stereocenters. The van der Waals surface area contributed by atoms with Gasteiger partial charge in [0.1, 0.15) is 17.6 Å². The van der Waals surface area contributed by atoms with Gasteiger partial charge in [-0.2, -0.15) is 0 Å². The predicted octanol–water partition coefficient (Wildman–Crippen LogP) is 6.09. The summed E-state index contributed by atoms with van der Waals surface area (Å²) < 4.78 is 5.86. The molecular formula is C22H23Cl2NO3. The number of rotatable bonds is 5. The molecule has 3 aromatic rings. The topological polar surface area (TPSA) is 53.7 Å². The molecule has 0 atom stereocenters. The minimum atomic E-state index is -0.202. The first kappa shape index (κ1) is 20.7. The van der Waals surface area contributed by atoms with E-state index in [4.69, 9.17) is 27.6 Å². The molecule has 4 nitrogen and oxygen atoms in total. The van der Waals surface area contributed by atoms with Crippen molar-refractivity contribution in [2.24, 2.45) is 0 Å². The van der Waals surface area contributed by atoms with Crippen molar-refractivity contribution in [2.45, 2.75) is 46.3 Å². The monoisotopic (exact) mass is 419 g/mol. The van der Waals surface area contributed by atoms with Crippen molar-refractivity contribution in [3.05, 3.63) is 62.4 Å². The van der Waals surface area contributed by atoms with E-state index in [0.29, 0.717) is 44.2 Å². The fourth-order valence-corrected chi connectivity index (χ4v) is 3.95. The molecule has 0 amide bonds. The number of benzene rings is 2. The highest BCUT2D eigenvalue weighted by atomic mass is 35.5. The summed E-state index contributed by atoms with van der Waals surface area (Å²) in [6.07, 6.45) is 1.40. The molecule has 0 fully saturated rings. The standard InChI is InChI=1S/C22H23Cl2NO3/c1-12(2)25(13(3)4)10-17-20(26)8-7-16-21(27)18(11-28-22(16)17)15-6-5-14(23)9-19(15)24/h5-9,11-13,26H,10H2,1-4H3. The van der Waals surface area contributed by atoms with Gasteiger partial charge in [-0.1, -0.05) is 29.3 Å². The molecule has 1 aromatic heterocycles. The fraction of sp³-hybridized carbons (Fsp3) is 0.318. The Balaban J connectivity index is 2.18. The van der Waals surface area contributed by atoms with Crippen LogP contribution in [0.25, 0.3) is 22.1 Å². The molecule has 0 radical (unpaired) electrons. The summed E-state index contributed by atoms with van der Waals surface area (Å²) in [4.78, 5) is 15.4. The van der Waals surface area contributed by atoms with Gasteiger partial charge in [-0.25, -0.2) is 0 Å². The molecule has 0 bridgehead atoms. The molecule has 0 aliphatic rings. The van der Waals surface area contributed by atoms with E-state index in [1.807, 2.05) is 0 Å². The van der Waals surface area contributed by atoms with Crippen molar-refractivity contribution < 1.29 is 9.52 Å². The van der Waals surface area contributed by atoms with Crippen molar-refractivity contribution in [3.63, 3.8) is 0 Å². The van der Waals surface area contributed by atoms with Crippen LogP contribution in [0.5, 0.6) is 5.75 Å². The van der Waals surface area contributed by atoms with Crippen molar-refractivity contribution in [1.82, 2.24) is 4.90 Å². The Bertz CT molecular complexity index is 1070. The molecule has 2 aromatic carbocycles. The van der Waals surface area contributed by atoms with Crippen LogP contribution in [0.1, 0.15) is 33.3 Å². The molecule has 0 saturated carbocycles. The number of hydrogen-bond donors (Lipinski definition) is 1. The number of nitrogens with zero attached hydrogens (tertiary/aromatic N) is 1. The lowest BCUT2D eigenvalue weighted by molar-refractivity contribution is 0.164. The normalized spacial score (nSPS) is 11.9. The largest absolute Gasteiger partial charge is 0.507 e. The van der Waals surface area contributed by atoms with E-state index in [0.717, 1.165) is 0 Å². The van der Waals surface area contributed by atoms with Crippen LogP contribution >= 0.6 is 23.2 Å². The van der Waals surface area contributed by atoms with Gasteiger partial charge < -0.3 is 9.52 Å². The molecule has 1 N–H and O–H groups in total. The Morgan fingerprint density at radius 2 is 1.71 bits per heavy atom. The van der Waals surface area contributed by atoms with Gasteiger partial charge in [0.2, 0.25) is 5.43 Å². The van der Waals surface area contributed by atoms with E-state index >= 15 is 0 Å². The van der Waals surface area contributed by atoms with Crippen LogP contribution in [0, 0.1) is 0 Å². The molecule has 0 spiro atoms. The van der Waals surface area contributed by atoms with E-state index < -0.39 is 0 Å². The minimum absolute atomic E-state index is 0.110. The van der Waals surface area contributed by atoms with Crippen molar-refractivity contribution in [3.8, 4) is 16.9 Å². The van der Waals surface area contributed by atoms with Gasteiger partial charge in [0.05, 0.1) is 21.5 Å². The first-order valence-electron chi connectivity index (χ1n) is 9.18. The first-order valence-corrected chi connectivity index (χ1v) is 9.93. The summed E-state index contributed by atoms with van der Waals surface area (Å²) in [5.41, 5.74) is 1.71. The molecule has 0 saturated heterocycles. The number of aromatic hydroxyl groups is 1. The maximum Gasteiger partial charge on any atom is 0.200 e. The summed E-state index contributed by atoms with van der Waals surface area (Å²) in [7, 11) is 0. The Hall–Kier alpha value is -2.01. The maximum absolute atomic E-state index is 13.1. The molecule has 6 heteroatoms. The predicted molar refractivity (Wildman–Crippen MR) is 115 cm³/mol. The molecule has 3 rings (SSSR count). The van der Waals surface area contributed by atoms with Gasteiger partial charge >= 0.3 is 0 Å². The number of halogens is 2. The summed E-state index contributed by atoms with van der Waals surface area (Å²) >= 11 is 12.2. The van der Waals surface area contributed by atoms with E-state index in [2.05, 4.69) is 32.6 Å². The second-order valence-corrected chi connectivity index (χ2v) is 8.25. The summed E-state index contributed by atoms with van der Waals surface area (Å²) in [5, 5.41) is 11.7. The summed E-state index contributed by atoms with van der Waals surface area (Å²) in [6, 6.07) is 8.64. The molecule has 148 valence electrons. The lowest BCUT2D eigenvalue weighted by atomic mass is 10.0. The quantitative estimate of drug-likeness (QED) is 0.543. The van der Waals surface area contributed by atoms with Gasteiger partial charge in [-0.15, -0.1) is 0 Å². The highest BCUT2D eigenvalue weighted by molar-refractivity contribution is 6.36. The molecule has 0 aliphatic carbocycles. The van der Waals surface area contributed by atoms with E-state index in [1.54, 1.807) is 30.3 Å². The Labute approximate surface area is 174 Å². The molecule has 1 heterocycles. The van der Waals surface area contributed by atoms with E-state index in [1.165, 1.54) is 6.26 Å². The Morgan fingerprint density at radius 3 is 2.32 bits per heavy atom. The number of hydrogen-bond acceptors (Lipinski definition) is 4. The van der Waals surface area contributed by atoms with Crippen molar-refractivity contribution >= 4 is 34.2 Å². The van der Waals surface area contributed by atoms with Crippen molar-refractivity contribution in [1.29, 1.82) is 0 Å². The van der Waals surface area contributed by atoms with Crippen LogP contribution < -0.4 is 5.43 Å². The molecule has 0 aliphatic heterocycles.